The second kappa shape index (κ2) is 9.80. The van der Waals surface area contributed by atoms with E-state index in [2.05, 4.69) is 60.0 Å². The van der Waals surface area contributed by atoms with Crippen molar-refractivity contribution >= 4 is 18.1 Å². The summed E-state index contributed by atoms with van der Waals surface area (Å²) in [6.07, 6.45) is 10.1. The van der Waals surface area contributed by atoms with E-state index in [0.717, 1.165) is 24.9 Å². The predicted molar refractivity (Wildman–Crippen MR) is 88.2 cm³/mol. The van der Waals surface area contributed by atoms with E-state index in [1.165, 1.54) is 11.1 Å². The number of hydrogen-bond donors (Lipinski definition) is 1. The summed E-state index contributed by atoms with van der Waals surface area (Å²) in [5, 5.41) is 8.60. The van der Waals surface area contributed by atoms with Crippen LogP contribution in [0, 0.1) is 6.92 Å². The fraction of sp³-hybridized carbons (Fsp3) is 0.263. The average molecular weight is 332 g/mol. The maximum absolute atomic E-state index is 10.4. The van der Waals surface area contributed by atoms with E-state index >= 15 is 0 Å². The number of rotatable bonds is 7. The Labute approximate surface area is 143 Å². The highest BCUT2D eigenvalue weighted by molar-refractivity contribution is 5.69. The Morgan fingerprint density at radius 3 is 2.13 bits per heavy atom. The molecule has 0 spiro atoms. The van der Waals surface area contributed by atoms with Crippen molar-refractivity contribution in [3.63, 3.8) is 0 Å². The molecule has 0 fully saturated rings. The molecule has 1 heterocycles. The van der Waals surface area contributed by atoms with Gasteiger partial charge in [-0.2, -0.15) is 0 Å². The van der Waals surface area contributed by atoms with Crippen LogP contribution in [0.2, 0.25) is 0 Å². The zero-order chi connectivity index (χ0) is 15.8. The molecular weight excluding hydrogens is 310 g/mol. The van der Waals surface area contributed by atoms with Crippen molar-refractivity contribution in [2.24, 2.45) is 0 Å². The van der Waals surface area contributed by atoms with Gasteiger partial charge in [-0.05, 0) is 24.5 Å². The minimum Gasteiger partial charge on any atom is -1.00 e. The van der Waals surface area contributed by atoms with Crippen LogP contribution in [-0.4, -0.2) is 11.1 Å². The van der Waals surface area contributed by atoms with Crippen LogP contribution in [0.15, 0.2) is 48.8 Å². The summed E-state index contributed by atoms with van der Waals surface area (Å²) >= 11 is 0. The van der Waals surface area contributed by atoms with Crippen molar-refractivity contribution in [2.75, 3.05) is 0 Å². The maximum Gasteiger partial charge on any atom is 0.303 e. The molecule has 0 aliphatic carbocycles. The molecule has 0 unspecified atom stereocenters. The molecule has 1 aromatic heterocycles. The largest absolute Gasteiger partial charge is 1.00 e. The van der Waals surface area contributed by atoms with Gasteiger partial charge < -0.3 is 17.5 Å². The summed E-state index contributed by atoms with van der Waals surface area (Å²) in [6, 6.07) is 12.6. The molecule has 122 valence electrons. The molecule has 0 radical (unpaired) electrons. The molecule has 0 aliphatic heterocycles. The van der Waals surface area contributed by atoms with E-state index in [1.54, 1.807) is 0 Å². The predicted octanol–water partition coefficient (Wildman–Crippen LogP) is 0.712. The lowest BCUT2D eigenvalue weighted by Crippen LogP contribution is -3.00. The Hall–Kier alpha value is -2.13. The third-order valence-electron chi connectivity index (χ3n) is 3.52. The van der Waals surface area contributed by atoms with Gasteiger partial charge in [0.25, 0.3) is 0 Å². The summed E-state index contributed by atoms with van der Waals surface area (Å²) < 4.78 is 2.09. The first-order chi connectivity index (χ1) is 10.6. The van der Waals surface area contributed by atoms with Crippen molar-refractivity contribution in [3.8, 4) is 0 Å². The monoisotopic (exact) mass is 331 g/mol. The number of pyridine rings is 1. The highest BCUT2D eigenvalue weighted by atomic mass is 35.5. The molecule has 0 atom stereocenters. The van der Waals surface area contributed by atoms with Gasteiger partial charge in [-0.25, -0.2) is 4.57 Å². The molecular formula is C19H22ClNO2. The molecule has 0 saturated carbocycles. The molecule has 23 heavy (non-hydrogen) atoms. The van der Waals surface area contributed by atoms with Gasteiger partial charge in [-0.1, -0.05) is 42.0 Å². The van der Waals surface area contributed by atoms with Crippen molar-refractivity contribution in [3.05, 3.63) is 65.5 Å². The Bertz CT molecular complexity index is 633. The Kier molecular flexibility index (Phi) is 8.06. The molecule has 0 bridgehead atoms. The maximum atomic E-state index is 10.4. The number of carbonyl (C=O) groups is 1. The van der Waals surface area contributed by atoms with Crippen LogP contribution in [0.1, 0.15) is 36.0 Å². The topological polar surface area (TPSA) is 41.2 Å². The number of hydrogen-bond acceptors (Lipinski definition) is 1. The molecule has 0 aliphatic rings. The molecule has 4 heteroatoms. The summed E-state index contributed by atoms with van der Waals surface area (Å²) in [5.74, 6) is -0.721. The highest BCUT2D eigenvalue weighted by Crippen LogP contribution is 2.08. The van der Waals surface area contributed by atoms with Crippen LogP contribution in [0.4, 0.5) is 0 Å². The van der Waals surface area contributed by atoms with Crippen LogP contribution in [-0.2, 0) is 11.3 Å². The van der Waals surface area contributed by atoms with Crippen molar-refractivity contribution in [1.82, 2.24) is 0 Å². The summed E-state index contributed by atoms with van der Waals surface area (Å²) in [5.41, 5.74) is 3.61. The number of aliphatic carboxylic acids is 1. The van der Waals surface area contributed by atoms with E-state index in [-0.39, 0.29) is 18.8 Å². The van der Waals surface area contributed by atoms with Crippen LogP contribution in [0.3, 0.4) is 0 Å². The molecule has 2 rings (SSSR count). The van der Waals surface area contributed by atoms with E-state index in [9.17, 15) is 4.79 Å². The van der Waals surface area contributed by atoms with Gasteiger partial charge in [0.2, 0.25) is 0 Å². The van der Waals surface area contributed by atoms with Gasteiger partial charge >= 0.3 is 5.97 Å². The number of carboxylic acid groups (broad SMARTS) is 1. The minimum absolute atomic E-state index is 0. The minimum atomic E-state index is -0.721. The molecule has 0 saturated heterocycles. The molecule has 1 aromatic carbocycles. The molecule has 0 amide bonds. The van der Waals surface area contributed by atoms with E-state index < -0.39 is 5.97 Å². The number of carboxylic acids is 1. The highest BCUT2D eigenvalue weighted by Gasteiger charge is 2.02. The van der Waals surface area contributed by atoms with Crippen LogP contribution in [0.25, 0.3) is 12.2 Å². The molecule has 3 nitrogen and oxygen atoms in total. The number of halogens is 1. The molecule has 2 aromatic rings. The van der Waals surface area contributed by atoms with Crippen molar-refractivity contribution < 1.29 is 26.9 Å². The van der Waals surface area contributed by atoms with Crippen molar-refractivity contribution in [2.45, 2.75) is 32.7 Å². The lowest BCUT2D eigenvalue weighted by Gasteiger charge is -1.98. The van der Waals surface area contributed by atoms with Crippen LogP contribution in [0.5, 0.6) is 0 Å². The Morgan fingerprint density at radius 2 is 1.57 bits per heavy atom. The third kappa shape index (κ3) is 7.11. The first-order valence-electron chi connectivity index (χ1n) is 7.59. The van der Waals surface area contributed by atoms with Gasteiger partial charge in [0.05, 0.1) is 0 Å². The fourth-order valence-electron chi connectivity index (χ4n) is 2.17. The normalized spacial score (nSPS) is 10.5. The SMILES string of the molecule is Cc1ccc(/C=C\c2cc[n+](CCCCC(=O)O)cc2)cc1.[Cl-]. The van der Waals surface area contributed by atoms with Gasteiger partial charge in [0, 0.05) is 25.0 Å². The average Bonchev–Trinajstić information content (AvgIpc) is 2.52. The van der Waals surface area contributed by atoms with Gasteiger partial charge in [0.1, 0.15) is 6.54 Å². The van der Waals surface area contributed by atoms with Gasteiger partial charge in [0.15, 0.2) is 12.4 Å². The van der Waals surface area contributed by atoms with Gasteiger partial charge in [-0.3, -0.25) is 4.79 Å². The number of benzene rings is 1. The summed E-state index contributed by atoms with van der Waals surface area (Å²) in [6.45, 7) is 2.94. The lowest BCUT2D eigenvalue weighted by atomic mass is 10.1. The quantitative estimate of drug-likeness (QED) is 0.600. The van der Waals surface area contributed by atoms with Crippen molar-refractivity contribution in [1.29, 1.82) is 0 Å². The number of nitrogens with zero attached hydrogens (tertiary/aromatic N) is 1. The van der Waals surface area contributed by atoms with E-state index in [4.69, 9.17) is 5.11 Å². The Morgan fingerprint density at radius 1 is 1.00 bits per heavy atom. The molecule has 1 N–H and O–H groups in total. The smallest absolute Gasteiger partial charge is 0.303 e. The Balaban J connectivity index is 0.00000264. The first kappa shape index (κ1) is 18.9. The lowest BCUT2D eigenvalue weighted by molar-refractivity contribution is -0.697. The summed E-state index contributed by atoms with van der Waals surface area (Å²) in [4.78, 5) is 10.4. The second-order valence-corrected chi connectivity index (χ2v) is 5.46. The second-order valence-electron chi connectivity index (χ2n) is 5.46. The zero-order valence-electron chi connectivity index (χ0n) is 13.3. The van der Waals surface area contributed by atoms with E-state index in [0.29, 0.717) is 0 Å². The van der Waals surface area contributed by atoms with Gasteiger partial charge in [-0.15, -0.1) is 0 Å². The fourth-order valence-corrected chi connectivity index (χ4v) is 2.17. The zero-order valence-corrected chi connectivity index (χ0v) is 14.0. The summed E-state index contributed by atoms with van der Waals surface area (Å²) in [7, 11) is 0. The first-order valence-corrected chi connectivity index (χ1v) is 7.59. The third-order valence-corrected chi connectivity index (χ3v) is 3.52. The number of aromatic nitrogens is 1. The van der Waals surface area contributed by atoms with Crippen LogP contribution >= 0.6 is 0 Å². The van der Waals surface area contributed by atoms with Crippen LogP contribution < -0.4 is 17.0 Å². The number of aryl methyl sites for hydroxylation is 2. The van der Waals surface area contributed by atoms with E-state index in [1.807, 2.05) is 12.4 Å². The number of unbranched alkanes of at least 4 members (excludes halogenated alkanes) is 1. The standard InChI is InChI=1S/C19H21NO2.ClH/c1-16-5-7-17(8-6-16)9-10-18-11-14-20(15-12-18)13-3-2-4-19(21)22;/h5-12,14-15H,2-4,13H2,1H3;1H/b10-9-;.